The Bertz CT molecular complexity index is 654. The van der Waals surface area contributed by atoms with E-state index in [-0.39, 0.29) is 10.6 Å². The van der Waals surface area contributed by atoms with Crippen LogP contribution in [0.5, 0.6) is 0 Å². The van der Waals surface area contributed by atoms with Crippen molar-refractivity contribution in [1.82, 2.24) is 15.1 Å². The van der Waals surface area contributed by atoms with Crippen molar-refractivity contribution in [1.29, 1.82) is 0 Å². The highest BCUT2D eigenvalue weighted by atomic mass is 79.9. The Kier molecular flexibility index (Phi) is 5.08. The van der Waals surface area contributed by atoms with Gasteiger partial charge in [0.05, 0.1) is 15.1 Å². The summed E-state index contributed by atoms with van der Waals surface area (Å²) >= 11 is 3.30. The zero-order chi connectivity index (χ0) is 15.4. The summed E-state index contributed by atoms with van der Waals surface area (Å²) in [5.41, 5.74) is 3.18. The number of nitrogens with zero attached hydrogens (tertiary/aromatic N) is 3. The highest BCUT2D eigenvalue weighted by Crippen LogP contribution is 2.28. The van der Waals surface area contributed by atoms with Crippen molar-refractivity contribution in [3.63, 3.8) is 0 Å². The molecule has 0 radical (unpaired) electrons. The molecule has 6 nitrogen and oxygen atoms in total. The third-order valence-corrected chi connectivity index (χ3v) is 4.13. The first-order chi connectivity index (χ1) is 10.0. The van der Waals surface area contributed by atoms with Gasteiger partial charge in [0.2, 0.25) is 0 Å². The molecule has 0 saturated carbocycles. The fraction of sp³-hybridized carbons (Fsp3) is 0.357. The average Bonchev–Trinajstić information content (AvgIpc) is 2.80. The quantitative estimate of drug-likeness (QED) is 0.640. The molecule has 2 aromatic rings. The number of halogens is 1. The Labute approximate surface area is 131 Å². The van der Waals surface area contributed by atoms with Gasteiger partial charge in [-0.2, -0.15) is 5.10 Å². The molecule has 0 unspecified atom stereocenters. The third-order valence-electron chi connectivity index (χ3n) is 3.21. The first-order valence-electron chi connectivity index (χ1n) is 6.66. The molecule has 1 heterocycles. The molecule has 112 valence electrons. The Morgan fingerprint density at radius 2 is 2.10 bits per heavy atom. The lowest BCUT2D eigenvalue weighted by Gasteiger charge is -2.07. The lowest BCUT2D eigenvalue weighted by atomic mass is 10.2. The lowest BCUT2D eigenvalue weighted by molar-refractivity contribution is -0.385. The normalized spacial score (nSPS) is 10.8. The maximum absolute atomic E-state index is 10.9. The number of nitro benzene ring substituents is 1. The summed E-state index contributed by atoms with van der Waals surface area (Å²) in [5, 5.41) is 18.6. The predicted molar refractivity (Wildman–Crippen MR) is 83.9 cm³/mol. The number of rotatable bonds is 6. The number of aromatic nitrogens is 2. The van der Waals surface area contributed by atoms with E-state index in [1.165, 1.54) is 6.07 Å². The Morgan fingerprint density at radius 1 is 1.38 bits per heavy atom. The zero-order valence-electron chi connectivity index (χ0n) is 12.0. The Balaban J connectivity index is 2.04. The molecule has 1 N–H and O–H groups in total. The second kappa shape index (κ2) is 6.82. The zero-order valence-corrected chi connectivity index (χ0v) is 13.6. The van der Waals surface area contributed by atoms with Crippen molar-refractivity contribution in [2.24, 2.45) is 7.05 Å². The van der Waals surface area contributed by atoms with E-state index in [4.69, 9.17) is 0 Å². The molecule has 0 aliphatic rings. The van der Waals surface area contributed by atoms with E-state index in [1.54, 1.807) is 10.7 Å². The molecule has 0 fully saturated rings. The van der Waals surface area contributed by atoms with Crippen LogP contribution in [0.25, 0.3) is 0 Å². The van der Waals surface area contributed by atoms with Gasteiger partial charge in [-0.05, 0) is 27.9 Å². The summed E-state index contributed by atoms with van der Waals surface area (Å²) in [7, 11) is 1.90. The summed E-state index contributed by atoms with van der Waals surface area (Å²) in [6.07, 6.45) is 2.88. The van der Waals surface area contributed by atoms with Gasteiger partial charge in [0.15, 0.2) is 0 Å². The standard InChI is InChI=1S/C14H17BrN4O2/c1-3-12-11(9-18(2)17-12)8-16-7-10-5-4-6-13(14(10)15)19(20)21/h4-6,9,16H,3,7-8H2,1-2H3. The van der Waals surface area contributed by atoms with E-state index in [1.807, 2.05) is 19.3 Å². The minimum Gasteiger partial charge on any atom is -0.308 e. The van der Waals surface area contributed by atoms with E-state index in [0.29, 0.717) is 17.6 Å². The molecule has 2 rings (SSSR count). The van der Waals surface area contributed by atoms with Crippen LogP contribution in [0.15, 0.2) is 28.9 Å². The van der Waals surface area contributed by atoms with Crippen LogP contribution in [-0.2, 0) is 26.6 Å². The van der Waals surface area contributed by atoms with Crippen LogP contribution in [0.4, 0.5) is 5.69 Å². The fourth-order valence-electron chi connectivity index (χ4n) is 2.20. The summed E-state index contributed by atoms with van der Waals surface area (Å²) in [6.45, 7) is 3.31. The second-order valence-corrected chi connectivity index (χ2v) is 5.53. The molecule has 0 saturated heterocycles. The van der Waals surface area contributed by atoms with Crippen LogP contribution in [0, 0.1) is 10.1 Å². The number of benzene rings is 1. The van der Waals surface area contributed by atoms with Gasteiger partial charge in [-0.3, -0.25) is 14.8 Å². The Hall–Kier alpha value is -1.73. The molecular formula is C14H17BrN4O2. The minimum absolute atomic E-state index is 0.0879. The summed E-state index contributed by atoms with van der Waals surface area (Å²) in [6, 6.07) is 5.05. The molecule has 0 bridgehead atoms. The fourth-order valence-corrected chi connectivity index (χ4v) is 2.75. The van der Waals surface area contributed by atoms with Crippen molar-refractivity contribution in [2.75, 3.05) is 0 Å². The lowest BCUT2D eigenvalue weighted by Crippen LogP contribution is -2.14. The third kappa shape index (κ3) is 3.68. The van der Waals surface area contributed by atoms with E-state index < -0.39 is 0 Å². The van der Waals surface area contributed by atoms with Gasteiger partial charge in [-0.1, -0.05) is 19.1 Å². The number of nitrogens with one attached hydrogen (secondary N) is 1. The van der Waals surface area contributed by atoms with Gasteiger partial charge in [0.1, 0.15) is 0 Å². The molecule has 0 amide bonds. The van der Waals surface area contributed by atoms with Crippen LogP contribution < -0.4 is 5.32 Å². The number of hydrogen-bond acceptors (Lipinski definition) is 4. The molecule has 0 aliphatic carbocycles. The van der Waals surface area contributed by atoms with Crippen LogP contribution in [0.1, 0.15) is 23.7 Å². The van der Waals surface area contributed by atoms with Crippen LogP contribution >= 0.6 is 15.9 Å². The highest BCUT2D eigenvalue weighted by molar-refractivity contribution is 9.10. The summed E-state index contributed by atoms with van der Waals surface area (Å²) in [5.74, 6) is 0. The van der Waals surface area contributed by atoms with Crippen molar-refractivity contribution < 1.29 is 4.92 Å². The van der Waals surface area contributed by atoms with Gasteiger partial charge in [-0.25, -0.2) is 0 Å². The SMILES string of the molecule is CCc1nn(C)cc1CNCc1cccc([N+](=O)[O-])c1Br. The topological polar surface area (TPSA) is 73.0 Å². The average molecular weight is 353 g/mol. The first-order valence-corrected chi connectivity index (χ1v) is 7.46. The maximum Gasteiger partial charge on any atom is 0.283 e. The largest absolute Gasteiger partial charge is 0.308 e. The monoisotopic (exact) mass is 352 g/mol. The molecule has 0 aliphatic heterocycles. The molecule has 0 spiro atoms. The molecule has 0 atom stereocenters. The first kappa shape index (κ1) is 15.7. The van der Waals surface area contributed by atoms with E-state index >= 15 is 0 Å². The predicted octanol–water partition coefficient (Wildman–Crippen LogP) is 2.94. The van der Waals surface area contributed by atoms with Crippen LogP contribution in [-0.4, -0.2) is 14.7 Å². The van der Waals surface area contributed by atoms with Crippen LogP contribution in [0.2, 0.25) is 0 Å². The van der Waals surface area contributed by atoms with E-state index in [2.05, 4.69) is 33.3 Å². The number of aryl methyl sites for hydroxylation is 2. The van der Waals surface area contributed by atoms with Crippen LogP contribution in [0.3, 0.4) is 0 Å². The van der Waals surface area contributed by atoms with E-state index in [9.17, 15) is 10.1 Å². The number of nitro groups is 1. The van der Waals surface area contributed by atoms with E-state index in [0.717, 1.165) is 23.2 Å². The van der Waals surface area contributed by atoms with Crippen molar-refractivity contribution in [2.45, 2.75) is 26.4 Å². The van der Waals surface area contributed by atoms with Gasteiger partial charge >= 0.3 is 0 Å². The molecule has 21 heavy (non-hydrogen) atoms. The minimum atomic E-state index is -0.385. The van der Waals surface area contributed by atoms with Gasteiger partial charge in [0, 0.05) is 38.0 Å². The Morgan fingerprint density at radius 3 is 2.76 bits per heavy atom. The summed E-state index contributed by atoms with van der Waals surface area (Å²) in [4.78, 5) is 10.5. The van der Waals surface area contributed by atoms with Gasteiger partial charge < -0.3 is 5.32 Å². The highest BCUT2D eigenvalue weighted by Gasteiger charge is 2.14. The number of hydrogen-bond donors (Lipinski definition) is 1. The van der Waals surface area contributed by atoms with Gasteiger partial charge in [0.25, 0.3) is 5.69 Å². The summed E-state index contributed by atoms with van der Waals surface area (Å²) < 4.78 is 2.34. The molecule has 7 heteroatoms. The molecular weight excluding hydrogens is 336 g/mol. The smallest absolute Gasteiger partial charge is 0.283 e. The maximum atomic E-state index is 10.9. The van der Waals surface area contributed by atoms with Crippen molar-refractivity contribution in [3.8, 4) is 0 Å². The second-order valence-electron chi connectivity index (χ2n) is 4.74. The molecule has 1 aromatic heterocycles. The van der Waals surface area contributed by atoms with Gasteiger partial charge in [-0.15, -0.1) is 0 Å². The van der Waals surface area contributed by atoms with Crippen molar-refractivity contribution in [3.05, 3.63) is 55.8 Å². The van der Waals surface area contributed by atoms with Crippen molar-refractivity contribution >= 4 is 21.6 Å². The molecule has 1 aromatic carbocycles.